The van der Waals surface area contributed by atoms with E-state index in [-0.39, 0.29) is 5.82 Å². The lowest BCUT2D eigenvalue weighted by atomic mass is 10.1. The SMILES string of the molecule is COCCN1CCN(c2c(C)c(C)nc3cc(-c4cccc(F)c4)nn23)CC1. The van der Waals surface area contributed by atoms with E-state index in [1.54, 1.807) is 13.2 Å². The number of fused-ring (bicyclic) bond motifs is 1. The monoisotopic (exact) mass is 383 g/mol. The third-order valence-corrected chi connectivity index (χ3v) is 5.46. The molecule has 1 aliphatic heterocycles. The highest BCUT2D eigenvalue weighted by molar-refractivity contribution is 5.67. The smallest absolute Gasteiger partial charge is 0.158 e. The van der Waals surface area contributed by atoms with E-state index in [0.29, 0.717) is 0 Å². The van der Waals surface area contributed by atoms with Crippen LogP contribution in [0.25, 0.3) is 16.9 Å². The van der Waals surface area contributed by atoms with Crippen molar-refractivity contribution in [3.05, 3.63) is 47.4 Å². The van der Waals surface area contributed by atoms with Crippen molar-refractivity contribution in [1.29, 1.82) is 0 Å². The van der Waals surface area contributed by atoms with Crippen LogP contribution >= 0.6 is 0 Å². The Bertz CT molecular complexity index is 978. The second kappa shape index (κ2) is 7.85. The first-order chi connectivity index (χ1) is 13.6. The molecular weight excluding hydrogens is 357 g/mol. The minimum absolute atomic E-state index is 0.262. The van der Waals surface area contributed by atoms with Gasteiger partial charge in [-0.15, -0.1) is 0 Å². The van der Waals surface area contributed by atoms with E-state index in [9.17, 15) is 4.39 Å². The van der Waals surface area contributed by atoms with Gasteiger partial charge in [0.2, 0.25) is 0 Å². The molecule has 148 valence electrons. The molecule has 3 aromatic rings. The number of aryl methyl sites for hydroxylation is 1. The molecule has 1 aliphatic rings. The largest absolute Gasteiger partial charge is 0.383 e. The number of piperazine rings is 1. The van der Waals surface area contributed by atoms with Crippen LogP contribution < -0.4 is 4.90 Å². The molecule has 0 atom stereocenters. The Balaban J connectivity index is 1.69. The fourth-order valence-electron chi connectivity index (χ4n) is 3.75. The Labute approximate surface area is 164 Å². The molecule has 0 radical (unpaired) electrons. The molecule has 0 bridgehead atoms. The second-order valence-electron chi connectivity index (χ2n) is 7.28. The fourth-order valence-corrected chi connectivity index (χ4v) is 3.75. The van der Waals surface area contributed by atoms with Gasteiger partial charge < -0.3 is 9.64 Å². The van der Waals surface area contributed by atoms with Gasteiger partial charge in [-0.2, -0.15) is 9.61 Å². The zero-order chi connectivity index (χ0) is 19.7. The fraction of sp³-hybridized carbons (Fsp3) is 0.429. The van der Waals surface area contributed by atoms with Crippen molar-refractivity contribution in [2.45, 2.75) is 13.8 Å². The highest BCUT2D eigenvalue weighted by Crippen LogP contribution is 2.28. The number of methoxy groups -OCH3 is 1. The summed E-state index contributed by atoms with van der Waals surface area (Å²) in [5.41, 5.74) is 4.41. The first-order valence-electron chi connectivity index (χ1n) is 9.66. The maximum atomic E-state index is 13.7. The third kappa shape index (κ3) is 3.59. The van der Waals surface area contributed by atoms with E-state index in [1.165, 1.54) is 12.1 Å². The van der Waals surface area contributed by atoms with Crippen LogP contribution in [0.3, 0.4) is 0 Å². The van der Waals surface area contributed by atoms with E-state index in [4.69, 9.17) is 14.8 Å². The van der Waals surface area contributed by atoms with E-state index < -0.39 is 0 Å². The van der Waals surface area contributed by atoms with E-state index >= 15 is 0 Å². The van der Waals surface area contributed by atoms with Crippen molar-refractivity contribution in [1.82, 2.24) is 19.5 Å². The van der Waals surface area contributed by atoms with E-state index in [2.05, 4.69) is 16.7 Å². The van der Waals surface area contributed by atoms with Crippen molar-refractivity contribution in [3.63, 3.8) is 0 Å². The molecule has 28 heavy (non-hydrogen) atoms. The van der Waals surface area contributed by atoms with Crippen LogP contribution in [0.1, 0.15) is 11.3 Å². The molecule has 1 fully saturated rings. The zero-order valence-electron chi connectivity index (χ0n) is 16.7. The molecular formula is C21H26FN5O. The lowest BCUT2D eigenvalue weighted by Crippen LogP contribution is -2.48. The van der Waals surface area contributed by atoms with Crippen LogP contribution in [0.4, 0.5) is 10.2 Å². The lowest BCUT2D eigenvalue weighted by molar-refractivity contribution is 0.144. The predicted molar refractivity (Wildman–Crippen MR) is 108 cm³/mol. The zero-order valence-corrected chi connectivity index (χ0v) is 16.7. The number of benzene rings is 1. The molecule has 1 saturated heterocycles. The van der Waals surface area contributed by atoms with Gasteiger partial charge in [-0.25, -0.2) is 9.37 Å². The van der Waals surface area contributed by atoms with Crippen molar-refractivity contribution < 1.29 is 9.13 Å². The van der Waals surface area contributed by atoms with Crippen molar-refractivity contribution in [3.8, 4) is 11.3 Å². The van der Waals surface area contributed by atoms with Crippen LogP contribution in [-0.4, -0.2) is 65.9 Å². The standard InChI is InChI=1S/C21H26FN5O/c1-15-16(2)23-20-14-19(17-5-4-6-18(22)13-17)24-27(20)21(15)26-9-7-25(8-10-26)11-12-28-3/h4-6,13-14H,7-12H2,1-3H3. The van der Waals surface area contributed by atoms with E-state index in [0.717, 1.165) is 73.3 Å². The first kappa shape index (κ1) is 18.8. The predicted octanol–water partition coefficient (Wildman–Crippen LogP) is 2.92. The normalized spacial score (nSPS) is 15.5. The van der Waals surface area contributed by atoms with Gasteiger partial charge in [-0.05, 0) is 26.0 Å². The molecule has 6 nitrogen and oxygen atoms in total. The van der Waals surface area contributed by atoms with Gasteiger partial charge in [-0.1, -0.05) is 12.1 Å². The molecule has 1 aromatic carbocycles. The second-order valence-corrected chi connectivity index (χ2v) is 7.28. The Kier molecular flexibility index (Phi) is 5.28. The average Bonchev–Trinajstić information content (AvgIpc) is 3.11. The molecule has 2 aromatic heterocycles. The van der Waals surface area contributed by atoms with Crippen LogP contribution in [-0.2, 0) is 4.74 Å². The summed E-state index contributed by atoms with van der Waals surface area (Å²) in [7, 11) is 1.74. The Morgan fingerprint density at radius 3 is 2.61 bits per heavy atom. The molecule has 0 saturated carbocycles. The first-order valence-corrected chi connectivity index (χ1v) is 9.66. The summed E-state index contributed by atoms with van der Waals surface area (Å²) >= 11 is 0. The van der Waals surface area contributed by atoms with Gasteiger partial charge in [0.15, 0.2) is 5.65 Å². The van der Waals surface area contributed by atoms with Crippen LogP contribution in [0.2, 0.25) is 0 Å². The van der Waals surface area contributed by atoms with Gasteiger partial charge in [0.25, 0.3) is 0 Å². The van der Waals surface area contributed by atoms with Crippen LogP contribution in [0.15, 0.2) is 30.3 Å². The number of anilines is 1. The van der Waals surface area contributed by atoms with Gasteiger partial charge in [-0.3, -0.25) is 4.90 Å². The summed E-state index contributed by atoms with van der Waals surface area (Å²) < 4.78 is 20.8. The van der Waals surface area contributed by atoms with Gasteiger partial charge in [0.1, 0.15) is 11.6 Å². The van der Waals surface area contributed by atoms with Crippen molar-refractivity contribution >= 4 is 11.5 Å². The number of hydrogen-bond acceptors (Lipinski definition) is 5. The average molecular weight is 383 g/mol. The molecule has 0 amide bonds. The third-order valence-electron chi connectivity index (χ3n) is 5.46. The molecule has 0 N–H and O–H groups in total. The van der Waals surface area contributed by atoms with E-state index in [1.807, 2.05) is 23.6 Å². The molecule has 0 unspecified atom stereocenters. The number of nitrogens with zero attached hydrogens (tertiary/aromatic N) is 5. The molecule has 7 heteroatoms. The lowest BCUT2D eigenvalue weighted by Gasteiger charge is -2.36. The van der Waals surface area contributed by atoms with Gasteiger partial charge in [0.05, 0.1) is 12.3 Å². The van der Waals surface area contributed by atoms with Crippen molar-refractivity contribution in [2.75, 3.05) is 51.3 Å². The number of hydrogen-bond donors (Lipinski definition) is 0. The number of halogens is 1. The summed E-state index contributed by atoms with van der Waals surface area (Å²) in [4.78, 5) is 9.50. The molecule has 0 aliphatic carbocycles. The maximum Gasteiger partial charge on any atom is 0.158 e. The summed E-state index contributed by atoms with van der Waals surface area (Å²) in [5.74, 6) is 0.818. The minimum atomic E-state index is -0.262. The van der Waals surface area contributed by atoms with Gasteiger partial charge >= 0.3 is 0 Å². The maximum absolute atomic E-state index is 13.7. The van der Waals surface area contributed by atoms with Crippen LogP contribution in [0, 0.1) is 19.7 Å². The Hall–Kier alpha value is -2.51. The summed E-state index contributed by atoms with van der Waals surface area (Å²) in [6.07, 6.45) is 0. The number of ether oxygens (including phenoxy) is 1. The van der Waals surface area contributed by atoms with Crippen molar-refractivity contribution in [2.24, 2.45) is 0 Å². The van der Waals surface area contributed by atoms with Crippen LogP contribution in [0.5, 0.6) is 0 Å². The summed E-state index contributed by atoms with van der Waals surface area (Å²) in [6.45, 7) is 9.68. The molecule has 0 spiro atoms. The Morgan fingerprint density at radius 2 is 1.89 bits per heavy atom. The molecule has 4 rings (SSSR count). The number of aromatic nitrogens is 3. The summed E-state index contributed by atoms with van der Waals surface area (Å²) in [6, 6.07) is 8.47. The topological polar surface area (TPSA) is 45.9 Å². The minimum Gasteiger partial charge on any atom is -0.383 e. The highest BCUT2D eigenvalue weighted by atomic mass is 19.1. The Morgan fingerprint density at radius 1 is 1.11 bits per heavy atom. The molecule has 3 heterocycles. The van der Waals surface area contributed by atoms with Gasteiger partial charge in [0, 0.05) is 62.7 Å². The highest BCUT2D eigenvalue weighted by Gasteiger charge is 2.23. The quantitative estimate of drug-likeness (QED) is 0.678. The number of rotatable bonds is 5. The summed E-state index contributed by atoms with van der Waals surface area (Å²) in [5, 5.41) is 4.78.